The molecule has 1 aliphatic heterocycles. The minimum Gasteiger partial charge on any atom is -0.317 e. The molecule has 3 nitrogen and oxygen atoms in total. The van der Waals surface area contributed by atoms with E-state index < -0.39 is 0 Å². The Labute approximate surface area is 101 Å². The van der Waals surface area contributed by atoms with Gasteiger partial charge in [-0.15, -0.1) is 0 Å². The molecule has 0 bridgehead atoms. The second-order valence-corrected chi connectivity index (χ2v) is 5.29. The van der Waals surface area contributed by atoms with Gasteiger partial charge in [-0.2, -0.15) is 0 Å². The molecule has 2 atom stereocenters. The quantitative estimate of drug-likeness (QED) is 0.582. The van der Waals surface area contributed by atoms with E-state index in [-0.39, 0.29) is 0 Å². The Bertz CT molecular complexity index is 145. The van der Waals surface area contributed by atoms with Crippen molar-refractivity contribution < 1.29 is 0 Å². The lowest BCUT2D eigenvalue weighted by molar-refractivity contribution is 0.370. The molecule has 2 unspecified atom stereocenters. The summed E-state index contributed by atoms with van der Waals surface area (Å²) < 4.78 is 0. The smallest absolute Gasteiger partial charge is 0.00768 e. The van der Waals surface area contributed by atoms with Crippen LogP contribution in [0, 0.1) is 11.8 Å². The molecule has 0 aromatic heterocycles. The van der Waals surface area contributed by atoms with Crippen LogP contribution in [-0.4, -0.2) is 39.3 Å². The highest BCUT2D eigenvalue weighted by molar-refractivity contribution is 4.65. The topological polar surface area (TPSA) is 36.1 Å². The van der Waals surface area contributed by atoms with Crippen LogP contribution in [0.2, 0.25) is 0 Å². The summed E-state index contributed by atoms with van der Waals surface area (Å²) >= 11 is 0. The molecule has 0 saturated carbocycles. The van der Waals surface area contributed by atoms with Crippen molar-refractivity contribution >= 4 is 0 Å². The van der Waals surface area contributed by atoms with Gasteiger partial charge in [-0.1, -0.05) is 13.8 Å². The predicted octanol–water partition coefficient (Wildman–Crippen LogP) is 1.21. The van der Waals surface area contributed by atoms with Crippen molar-refractivity contribution in [2.24, 2.45) is 11.8 Å². The summed E-state index contributed by atoms with van der Waals surface area (Å²) in [6, 6.07) is 0. The van der Waals surface area contributed by atoms with Gasteiger partial charge in [0.2, 0.25) is 0 Å². The molecule has 0 aromatic carbocycles. The highest BCUT2D eigenvalue weighted by Gasteiger charge is 2.08. The van der Waals surface area contributed by atoms with Crippen LogP contribution in [0.15, 0.2) is 0 Å². The molecule has 3 heteroatoms. The summed E-state index contributed by atoms with van der Waals surface area (Å²) in [7, 11) is 0. The molecule has 16 heavy (non-hydrogen) atoms. The molecule has 0 aromatic rings. The zero-order valence-corrected chi connectivity index (χ0v) is 11.0. The van der Waals surface area contributed by atoms with E-state index in [0.717, 1.165) is 38.0 Å². The van der Waals surface area contributed by atoms with Gasteiger partial charge >= 0.3 is 0 Å². The molecular weight excluding hydrogens is 198 g/mol. The minimum absolute atomic E-state index is 0.804. The second kappa shape index (κ2) is 8.97. The third kappa shape index (κ3) is 7.20. The zero-order chi connectivity index (χ0) is 11.6. The Morgan fingerprint density at radius 3 is 2.25 bits per heavy atom. The summed E-state index contributed by atoms with van der Waals surface area (Å²) in [6.07, 6.45) is 3.91. The van der Waals surface area contributed by atoms with Gasteiger partial charge in [-0.25, -0.2) is 0 Å². The van der Waals surface area contributed by atoms with E-state index in [4.69, 9.17) is 0 Å². The zero-order valence-electron chi connectivity index (χ0n) is 11.0. The highest BCUT2D eigenvalue weighted by atomic mass is 14.9. The molecule has 3 N–H and O–H groups in total. The first kappa shape index (κ1) is 13.9. The van der Waals surface area contributed by atoms with Gasteiger partial charge in [0.25, 0.3) is 0 Å². The van der Waals surface area contributed by atoms with Crippen molar-refractivity contribution in [2.75, 3.05) is 39.3 Å². The molecule has 1 fully saturated rings. The van der Waals surface area contributed by atoms with Gasteiger partial charge in [0.1, 0.15) is 0 Å². The van der Waals surface area contributed by atoms with Gasteiger partial charge in [0.15, 0.2) is 0 Å². The monoisotopic (exact) mass is 227 g/mol. The molecule has 1 aliphatic rings. The van der Waals surface area contributed by atoms with E-state index in [1.807, 2.05) is 0 Å². The molecule has 0 spiro atoms. The fourth-order valence-electron chi connectivity index (χ4n) is 2.35. The van der Waals surface area contributed by atoms with E-state index in [1.54, 1.807) is 0 Å². The lowest BCUT2D eigenvalue weighted by Gasteiger charge is -2.19. The number of rotatable bonds is 0. The summed E-state index contributed by atoms with van der Waals surface area (Å²) in [5, 5.41) is 10.5. The summed E-state index contributed by atoms with van der Waals surface area (Å²) in [5.74, 6) is 1.66. The van der Waals surface area contributed by atoms with Crippen molar-refractivity contribution in [3.8, 4) is 0 Å². The highest BCUT2D eigenvalue weighted by Crippen LogP contribution is 2.13. The number of nitrogens with one attached hydrogen (secondary N) is 3. The minimum atomic E-state index is 0.804. The molecule has 0 aliphatic carbocycles. The van der Waals surface area contributed by atoms with Crippen molar-refractivity contribution in [3.05, 3.63) is 0 Å². The van der Waals surface area contributed by atoms with Gasteiger partial charge in [0.05, 0.1) is 0 Å². The Morgan fingerprint density at radius 2 is 1.44 bits per heavy atom. The standard InChI is InChI=1S/C13H29N3/c1-12-4-7-14-5-3-6-15-8-9-16-11-13(2)10-12/h12-16H,3-11H2,1-2H3. The Kier molecular flexibility index (Phi) is 7.81. The maximum absolute atomic E-state index is 3.53. The largest absolute Gasteiger partial charge is 0.317 e. The third-order valence-corrected chi connectivity index (χ3v) is 3.30. The van der Waals surface area contributed by atoms with Crippen molar-refractivity contribution in [1.29, 1.82) is 0 Å². The molecular formula is C13H29N3. The first-order valence-corrected chi connectivity index (χ1v) is 6.91. The summed E-state index contributed by atoms with van der Waals surface area (Å²) in [5.41, 5.74) is 0. The average Bonchev–Trinajstić information content (AvgIpc) is 2.25. The SMILES string of the molecule is CC1CCNCCCNCCNCC(C)C1. The number of hydrogen-bond donors (Lipinski definition) is 3. The maximum atomic E-state index is 3.53. The molecule has 1 rings (SSSR count). The number of hydrogen-bond acceptors (Lipinski definition) is 3. The molecule has 0 radical (unpaired) electrons. The molecule has 1 heterocycles. The fourth-order valence-corrected chi connectivity index (χ4v) is 2.35. The van der Waals surface area contributed by atoms with Gasteiger partial charge < -0.3 is 16.0 Å². The van der Waals surface area contributed by atoms with E-state index in [1.165, 1.54) is 32.4 Å². The van der Waals surface area contributed by atoms with E-state index in [9.17, 15) is 0 Å². The molecule has 96 valence electrons. The van der Waals surface area contributed by atoms with Crippen LogP contribution in [0.3, 0.4) is 0 Å². The second-order valence-electron chi connectivity index (χ2n) is 5.29. The van der Waals surface area contributed by atoms with Crippen LogP contribution in [0.5, 0.6) is 0 Å². The molecule has 0 amide bonds. The van der Waals surface area contributed by atoms with Crippen LogP contribution < -0.4 is 16.0 Å². The average molecular weight is 227 g/mol. The first-order chi connectivity index (χ1) is 7.79. The van der Waals surface area contributed by atoms with Crippen LogP contribution in [0.1, 0.15) is 33.1 Å². The normalized spacial score (nSPS) is 31.9. The van der Waals surface area contributed by atoms with Crippen LogP contribution in [-0.2, 0) is 0 Å². The van der Waals surface area contributed by atoms with Gasteiger partial charge in [-0.3, -0.25) is 0 Å². The Morgan fingerprint density at radius 1 is 0.750 bits per heavy atom. The van der Waals surface area contributed by atoms with E-state index in [0.29, 0.717) is 0 Å². The van der Waals surface area contributed by atoms with Crippen LogP contribution in [0.25, 0.3) is 0 Å². The summed E-state index contributed by atoms with van der Waals surface area (Å²) in [6.45, 7) is 11.6. The predicted molar refractivity (Wildman–Crippen MR) is 70.8 cm³/mol. The lowest BCUT2D eigenvalue weighted by atomic mass is 9.94. The van der Waals surface area contributed by atoms with Crippen molar-refractivity contribution in [3.63, 3.8) is 0 Å². The molecule has 1 saturated heterocycles. The lowest BCUT2D eigenvalue weighted by Crippen LogP contribution is -2.32. The Balaban J connectivity index is 2.21. The van der Waals surface area contributed by atoms with E-state index >= 15 is 0 Å². The fraction of sp³-hybridized carbons (Fsp3) is 1.00. The van der Waals surface area contributed by atoms with Crippen LogP contribution in [0.4, 0.5) is 0 Å². The first-order valence-electron chi connectivity index (χ1n) is 6.91. The maximum Gasteiger partial charge on any atom is 0.00768 e. The Hall–Kier alpha value is -0.120. The summed E-state index contributed by atoms with van der Waals surface area (Å²) in [4.78, 5) is 0. The van der Waals surface area contributed by atoms with Crippen LogP contribution >= 0.6 is 0 Å². The van der Waals surface area contributed by atoms with Crippen molar-refractivity contribution in [1.82, 2.24) is 16.0 Å². The van der Waals surface area contributed by atoms with Crippen molar-refractivity contribution in [2.45, 2.75) is 33.1 Å². The van der Waals surface area contributed by atoms with Gasteiger partial charge in [0, 0.05) is 13.1 Å². The van der Waals surface area contributed by atoms with Gasteiger partial charge in [-0.05, 0) is 57.3 Å². The van der Waals surface area contributed by atoms with E-state index in [2.05, 4.69) is 29.8 Å². The third-order valence-electron chi connectivity index (χ3n) is 3.30.